The molecular weight excluding hydrogens is 443 g/mol. The average Bonchev–Trinajstić information content (AvgIpc) is 2.75. The van der Waals surface area contributed by atoms with Gasteiger partial charge in [0.15, 0.2) is 9.84 Å². The molecule has 0 unspecified atom stereocenters. The second kappa shape index (κ2) is 10.2. The highest BCUT2D eigenvalue weighted by Crippen LogP contribution is 2.18. The lowest BCUT2D eigenvalue weighted by Crippen LogP contribution is -2.52. The highest BCUT2D eigenvalue weighted by Gasteiger charge is 2.28. The van der Waals surface area contributed by atoms with E-state index >= 15 is 0 Å². The van der Waals surface area contributed by atoms with Crippen LogP contribution >= 0.6 is 11.6 Å². The van der Waals surface area contributed by atoms with Gasteiger partial charge in [-0.25, -0.2) is 12.8 Å². The molecule has 9 heteroatoms. The summed E-state index contributed by atoms with van der Waals surface area (Å²) in [7, 11) is -3.52. The Labute approximate surface area is 186 Å². The molecule has 0 radical (unpaired) electrons. The smallest absolute Gasteiger partial charge is 0.257 e. The van der Waals surface area contributed by atoms with E-state index in [0.29, 0.717) is 12.8 Å². The monoisotopic (exact) mass is 466 g/mol. The molecule has 1 aliphatic heterocycles. The Morgan fingerprint density at radius 2 is 1.61 bits per heavy atom. The molecule has 0 spiro atoms. The van der Waals surface area contributed by atoms with Gasteiger partial charge in [0.25, 0.3) is 5.91 Å². The lowest BCUT2D eigenvalue weighted by atomic mass is 10.1. The molecule has 6 nitrogen and oxygen atoms in total. The van der Waals surface area contributed by atoms with Crippen LogP contribution in [0.4, 0.5) is 4.39 Å². The van der Waals surface area contributed by atoms with Gasteiger partial charge in [0.1, 0.15) is 11.6 Å². The molecular formula is C22H24ClFN2O4S. The van der Waals surface area contributed by atoms with Crippen LogP contribution in [0.15, 0.2) is 48.5 Å². The normalized spacial score (nSPS) is 14.5. The minimum atomic E-state index is -3.52. The van der Waals surface area contributed by atoms with E-state index in [1.54, 1.807) is 0 Å². The molecule has 2 amide bonds. The summed E-state index contributed by atoms with van der Waals surface area (Å²) in [6.07, 6.45) is 1.09. The van der Waals surface area contributed by atoms with Crippen LogP contribution in [-0.4, -0.2) is 67.7 Å². The molecule has 1 heterocycles. The lowest BCUT2D eigenvalue weighted by molar-refractivity contribution is -0.129. The topological polar surface area (TPSA) is 74.8 Å². The number of hydrogen-bond acceptors (Lipinski definition) is 4. The van der Waals surface area contributed by atoms with Gasteiger partial charge >= 0.3 is 0 Å². The largest absolute Gasteiger partial charge is 0.338 e. The number of carbonyl (C=O) groups is 2. The van der Waals surface area contributed by atoms with E-state index in [4.69, 9.17) is 11.6 Å². The Kier molecular flexibility index (Phi) is 7.67. The molecule has 0 bridgehead atoms. The van der Waals surface area contributed by atoms with E-state index < -0.39 is 33.2 Å². The zero-order valence-corrected chi connectivity index (χ0v) is 18.5. The quantitative estimate of drug-likeness (QED) is 0.629. The highest BCUT2D eigenvalue weighted by molar-refractivity contribution is 7.92. The minimum Gasteiger partial charge on any atom is -0.338 e. The standard InChI is InChI=1S/C22H24ClFN2O4S/c23-18-8-9-20(24)19(15-18)22(28)26-12-10-25(11-13-26)21(27)16-31(29,30)14-4-7-17-5-2-1-3-6-17/h1-3,5-6,8-9,15H,4,7,10-14,16H2. The van der Waals surface area contributed by atoms with E-state index in [1.807, 2.05) is 30.3 Å². The zero-order valence-electron chi connectivity index (χ0n) is 17.0. The number of nitrogens with zero attached hydrogens (tertiary/aromatic N) is 2. The average molecular weight is 467 g/mol. The maximum absolute atomic E-state index is 13.9. The molecule has 0 N–H and O–H groups in total. The first-order valence-corrected chi connectivity index (χ1v) is 12.2. The van der Waals surface area contributed by atoms with Crippen LogP contribution in [0, 0.1) is 5.82 Å². The summed E-state index contributed by atoms with van der Waals surface area (Å²) >= 11 is 5.85. The highest BCUT2D eigenvalue weighted by atomic mass is 35.5. The number of carbonyl (C=O) groups excluding carboxylic acids is 2. The van der Waals surface area contributed by atoms with Crippen LogP contribution in [0.5, 0.6) is 0 Å². The van der Waals surface area contributed by atoms with Crippen LogP contribution in [0.2, 0.25) is 5.02 Å². The summed E-state index contributed by atoms with van der Waals surface area (Å²) in [5, 5.41) is 0.260. The first-order valence-electron chi connectivity index (χ1n) is 10.0. The molecule has 2 aromatic carbocycles. The van der Waals surface area contributed by atoms with E-state index in [0.717, 1.165) is 11.6 Å². The van der Waals surface area contributed by atoms with Gasteiger partial charge in [-0.1, -0.05) is 41.9 Å². The summed E-state index contributed by atoms with van der Waals surface area (Å²) < 4.78 is 38.6. The van der Waals surface area contributed by atoms with Gasteiger partial charge in [0, 0.05) is 31.2 Å². The number of sulfone groups is 1. The number of aryl methyl sites for hydroxylation is 1. The Morgan fingerprint density at radius 1 is 0.968 bits per heavy atom. The minimum absolute atomic E-state index is 0.0554. The molecule has 0 aromatic heterocycles. The Hall–Kier alpha value is -2.45. The third-order valence-corrected chi connectivity index (χ3v) is 7.02. The number of piperazine rings is 1. The predicted molar refractivity (Wildman–Crippen MR) is 117 cm³/mol. The van der Waals surface area contributed by atoms with E-state index in [2.05, 4.69) is 0 Å². The fourth-order valence-corrected chi connectivity index (χ4v) is 4.94. The number of rotatable bonds is 7. The zero-order chi connectivity index (χ0) is 22.4. The van der Waals surface area contributed by atoms with Crippen molar-refractivity contribution in [3.8, 4) is 0 Å². The molecule has 0 atom stereocenters. The van der Waals surface area contributed by atoms with Crippen LogP contribution in [-0.2, 0) is 21.1 Å². The van der Waals surface area contributed by atoms with Gasteiger partial charge in [-0.2, -0.15) is 0 Å². The van der Waals surface area contributed by atoms with Crippen molar-refractivity contribution in [1.82, 2.24) is 9.80 Å². The lowest BCUT2D eigenvalue weighted by Gasteiger charge is -2.34. The Morgan fingerprint density at radius 3 is 2.29 bits per heavy atom. The summed E-state index contributed by atoms with van der Waals surface area (Å²) in [5.74, 6) is -2.23. The van der Waals surface area contributed by atoms with Crippen molar-refractivity contribution in [2.45, 2.75) is 12.8 Å². The summed E-state index contributed by atoms with van der Waals surface area (Å²) in [5.41, 5.74) is 0.939. The first-order chi connectivity index (χ1) is 14.7. The van der Waals surface area contributed by atoms with Crippen LogP contribution in [0.25, 0.3) is 0 Å². The van der Waals surface area contributed by atoms with Crippen molar-refractivity contribution in [3.63, 3.8) is 0 Å². The van der Waals surface area contributed by atoms with Crippen LogP contribution in [0.3, 0.4) is 0 Å². The van der Waals surface area contributed by atoms with Crippen molar-refractivity contribution in [2.75, 3.05) is 37.7 Å². The maximum Gasteiger partial charge on any atom is 0.257 e. The summed E-state index contributed by atoms with van der Waals surface area (Å²) in [6.45, 7) is 0.799. The number of halogens is 2. The second-order valence-electron chi connectivity index (χ2n) is 7.48. The van der Waals surface area contributed by atoms with Crippen molar-refractivity contribution < 1.29 is 22.4 Å². The summed E-state index contributed by atoms with van der Waals surface area (Å²) in [4.78, 5) is 27.9. The van der Waals surface area contributed by atoms with Crippen molar-refractivity contribution >= 4 is 33.3 Å². The fourth-order valence-electron chi connectivity index (χ4n) is 3.48. The van der Waals surface area contributed by atoms with Crippen LogP contribution < -0.4 is 0 Å². The van der Waals surface area contributed by atoms with E-state index in [9.17, 15) is 22.4 Å². The molecule has 1 saturated heterocycles. The van der Waals surface area contributed by atoms with Gasteiger partial charge in [-0.05, 0) is 36.6 Å². The van der Waals surface area contributed by atoms with E-state index in [-0.39, 0.29) is 42.5 Å². The molecule has 3 rings (SSSR count). The van der Waals surface area contributed by atoms with Crippen molar-refractivity contribution in [2.24, 2.45) is 0 Å². The SMILES string of the molecule is O=C(CS(=O)(=O)CCCc1ccccc1)N1CCN(C(=O)c2cc(Cl)ccc2F)CC1. The van der Waals surface area contributed by atoms with Gasteiger partial charge in [-0.15, -0.1) is 0 Å². The van der Waals surface area contributed by atoms with Gasteiger partial charge < -0.3 is 9.80 Å². The summed E-state index contributed by atoms with van der Waals surface area (Å²) in [6, 6.07) is 13.4. The second-order valence-corrected chi connectivity index (χ2v) is 10.1. The molecule has 1 aliphatic rings. The van der Waals surface area contributed by atoms with Crippen molar-refractivity contribution in [3.05, 3.63) is 70.5 Å². The Bertz CT molecular complexity index is 1040. The maximum atomic E-state index is 13.9. The third-order valence-electron chi connectivity index (χ3n) is 5.19. The van der Waals surface area contributed by atoms with Gasteiger partial charge in [0.2, 0.25) is 5.91 Å². The van der Waals surface area contributed by atoms with Crippen LogP contribution in [0.1, 0.15) is 22.3 Å². The third kappa shape index (κ3) is 6.51. The Balaban J connectivity index is 1.48. The molecule has 31 heavy (non-hydrogen) atoms. The van der Waals surface area contributed by atoms with Gasteiger partial charge in [0.05, 0.1) is 11.3 Å². The molecule has 1 fully saturated rings. The van der Waals surface area contributed by atoms with Gasteiger partial charge in [-0.3, -0.25) is 9.59 Å². The molecule has 2 aromatic rings. The number of benzene rings is 2. The molecule has 0 saturated carbocycles. The molecule has 166 valence electrons. The van der Waals surface area contributed by atoms with Crippen molar-refractivity contribution in [1.29, 1.82) is 0 Å². The van der Waals surface area contributed by atoms with E-state index in [1.165, 1.54) is 21.9 Å². The first kappa shape index (κ1) is 23.2. The number of amides is 2. The number of hydrogen-bond donors (Lipinski definition) is 0. The fraction of sp³-hybridized carbons (Fsp3) is 0.364. The predicted octanol–water partition coefficient (Wildman–Crippen LogP) is 2.81. The molecule has 0 aliphatic carbocycles.